The van der Waals surface area contributed by atoms with E-state index in [1.165, 1.54) is 18.2 Å². The van der Waals surface area contributed by atoms with E-state index < -0.39 is 91.9 Å². The number of phenolic OH excluding ortho intramolecular Hbond substituents is 4. The molecule has 0 spiro atoms. The summed E-state index contributed by atoms with van der Waals surface area (Å²) in [6.07, 6.45) is -16.6. The highest BCUT2D eigenvalue weighted by Gasteiger charge is 2.48. The van der Waals surface area contributed by atoms with E-state index in [9.17, 15) is 56.2 Å². The van der Waals surface area contributed by atoms with Crippen molar-refractivity contribution in [1.82, 2.24) is 0 Å². The third-order valence-electron chi connectivity index (χ3n) is 7.24. The molecule has 0 saturated carbocycles. The van der Waals surface area contributed by atoms with E-state index in [4.69, 9.17) is 23.4 Å². The largest absolute Gasteiger partial charge is 0.507 e. The standard InChI is InChI=1S/C27H30O16/c28-7-17-19(33)21(35)23(37)26(42-17)39-8-18-20(34)22(36)24(38)27(43-18)41-16-6-11-13(31)4-10(29)5-15(11)40-25(16)9-1-2-12(30)14(32)3-9/h1-6,17-24,26-28,33-38H,7-8H2,(H3-,29,30,31,32)/p+1/t17-,18-,19-,20+,21+,22+,23-,24-,26-,27-/m1/s1. The van der Waals surface area contributed by atoms with Crippen molar-refractivity contribution in [3.63, 3.8) is 0 Å². The van der Waals surface area contributed by atoms with Gasteiger partial charge in [0, 0.05) is 18.2 Å². The third-order valence-corrected chi connectivity index (χ3v) is 7.24. The predicted molar refractivity (Wildman–Crippen MR) is 140 cm³/mol. The van der Waals surface area contributed by atoms with Crippen molar-refractivity contribution < 1.29 is 79.5 Å². The topological polar surface area (TPSA) is 271 Å². The molecule has 2 aliphatic heterocycles. The molecule has 3 aromatic rings. The van der Waals surface area contributed by atoms with Crippen molar-refractivity contribution in [2.45, 2.75) is 61.4 Å². The summed E-state index contributed by atoms with van der Waals surface area (Å²) in [5.41, 5.74) is 0.127. The van der Waals surface area contributed by atoms with Gasteiger partial charge in [0.05, 0.1) is 24.8 Å². The Bertz CT molecular complexity index is 1450. The van der Waals surface area contributed by atoms with Gasteiger partial charge in [-0.3, -0.25) is 0 Å². The number of hydrogen-bond donors (Lipinski definition) is 11. The molecule has 5 rings (SSSR count). The molecule has 16 heteroatoms. The van der Waals surface area contributed by atoms with Gasteiger partial charge in [0.2, 0.25) is 12.0 Å². The average Bonchev–Trinajstić information content (AvgIpc) is 2.97. The maximum atomic E-state index is 10.7. The SMILES string of the molecule is OC[C@H]1O[C@@H](OC[C@H]2O[C@@H](Oc3cc4c(O)cc(O)cc4[o+]c3-c3ccc(O)c(O)c3)[C@H](O)[C@@H](O)[C@H]2O)[C@H](O)[C@@H](O)[C@@H]1O. The van der Waals surface area contributed by atoms with Crippen LogP contribution in [0.2, 0.25) is 0 Å². The van der Waals surface area contributed by atoms with E-state index >= 15 is 0 Å². The summed E-state index contributed by atoms with van der Waals surface area (Å²) >= 11 is 0. The minimum Gasteiger partial charge on any atom is -0.507 e. The zero-order valence-corrected chi connectivity index (χ0v) is 22.1. The van der Waals surface area contributed by atoms with Gasteiger partial charge in [-0.05, 0) is 12.1 Å². The van der Waals surface area contributed by atoms with Gasteiger partial charge in [-0.1, -0.05) is 0 Å². The lowest BCUT2D eigenvalue weighted by Gasteiger charge is -2.42. The van der Waals surface area contributed by atoms with E-state index in [2.05, 4.69) is 0 Å². The fourth-order valence-corrected chi connectivity index (χ4v) is 4.81. The number of aromatic hydroxyl groups is 4. The molecule has 11 N–H and O–H groups in total. The Morgan fingerprint density at radius 2 is 1.33 bits per heavy atom. The Hall–Kier alpha value is -3.55. The van der Waals surface area contributed by atoms with Crippen LogP contribution >= 0.6 is 0 Å². The average molecular weight is 612 g/mol. The molecule has 2 aromatic carbocycles. The van der Waals surface area contributed by atoms with Crippen LogP contribution in [0.5, 0.6) is 28.7 Å². The van der Waals surface area contributed by atoms with Crippen molar-refractivity contribution in [2.24, 2.45) is 0 Å². The minimum atomic E-state index is -1.86. The van der Waals surface area contributed by atoms with E-state index in [-0.39, 0.29) is 33.8 Å². The van der Waals surface area contributed by atoms with Crippen LogP contribution in [-0.2, 0) is 14.2 Å². The summed E-state index contributed by atoms with van der Waals surface area (Å²) in [5, 5.41) is 111. The number of benzene rings is 2. The monoisotopic (exact) mass is 611 g/mol. The van der Waals surface area contributed by atoms with Gasteiger partial charge in [0.25, 0.3) is 0 Å². The van der Waals surface area contributed by atoms with Gasteiger partial charge >= 0.3 is 11.3 Å². The maximum Gasteiger partial charge on any atom is 0.402 e. The van der Waals surface area contributed by atoms with Crippen LogP contribution in [0.25, 0.3) is 22.3 Å². The molecule has 16 nitrogen and oxygen atoms in total. The predicted octanol–water partition coefficient (Wildman–Crippen LogP) is -1.79. The van der Waals surface area contributed by atoms with E-state index in [0.29, 0.717) is 0 Å². The number of aliphatic hydroxyl groups excluding tert-OH is 7. The molecule has 10 atom stereocenters. The quantitative estimate of drug-likeness (QED) is 0.104. The highest BCUT2D eigenvalue weighted by molar-refractivity contribution is 5.88. The normalized spacial score (nSPS) is 33.0. The first-order valence-corrected chi connectivity index (χ1v) is 13.0. The van der Waals surface area contributed by atoms with Crippen LogP contribution in [0.4, 0.5) is 0 Å². The fraction of sp³-hybridized carbons (Fsp3) is 0.444. The molecule has 0 unspecified atom stereocenters. The summed E-state index contributed by atoms with van der Waals surface area (Å²) in [4.78, 5) is 0. The number of rotatable bonds is 7. The van der Waals surface area contributed by atoms with Gasteiger partial charge < -0.3 is 75.1 Å². The molecule has 0 amide bonds. The maximum absolute atomic E-state index is 10.7. The molecule has 2 fully saturated rings. The van der Waals surface area contributed by atoms with E-state index in [1.54, 1.807) is 0 Å². The Morgan fingerprint density at radius 3 is 2.00 bits per heavy atom. The van der Waals surface area contributed by atoms with Gasteiger partial charge in [-0.25, -0.2) is 4.42 Å². The molecule has 2 aliphatic rings. The van der Waals surface area contributed by atoms with Gasteiger partial charge in [0.1, 0.15) is 65.7 Å². The number of aliphatic hydroxyl groups is 7. The fourth-order valence-electron chi connectivity index (χ4n) is 4.81. The lowest BCUT2D eigenvalue weighted by atomic mass is 9.98. The number of phenols is 4. The summed E-state index contributed by atoms with van der Waals surface area (Å²) in [6.45, 7) is -1.31. The number of ether oxygens (including phenoxy) is 4. The second kappa shape index (κ2) is 12.2. The molecular weight excluding hydrogens is 580 g/mol. The van der Waals surface area contributed by atoms with Crippen LogP contribution in [0.1, 0.15) is 0 Å². The molecule has 3 heterocycles. The number of fused-ring (bicyclic) bond motifs is 1. The van der Waals surface area contributed by atoms with Gasteiger partial charge in [-0.15, -0.1) is 0 Å². The highest BCUT2D eigenvalue weighted by atomic mass is 16.7. The van der Waals surface area contributed by atoms with Crippen LogP contribution in [0.15, 0.2) is 40.8 Å². The molecule has 1 aromatic heterocycles. The lowest BCUT2D eigenvalue weighted by molar-refractivity contribution is -0.323. The molecule has 43 heavy (non-hydrogen) atoms. The first kappa shape index (κ1) is 30.9. The van der Waals surface area contributed by atoms with Gasteiger partial charge in [-0.2, -0.15) is 0 Å². The first-order valence-electron chi connectivity index (χ1n) is 13.0. The van der Waals surface area contributed by atoms with Crippen molar-refractivity contribution >= 4 is 11.0 Å². The number of hydrogen-bond acceptors (Lipinski definition) is 15. The zero-order valence-electron chi connectivity index (χ0n) is 22.1. The first-order chi connectivity index (χ1) is 20.4. The summed E-state index contributed by atoms with van der Waals surface area (Å²) in [7, 11) is 0. The van der Waals surface area contributed by atoms with E-state index in [1.807, 2.05) is 0 Å². The van der Waals surface area contributed by atoms with Crippen molar-refractivity contribution in [3.8, 4) is 40.1 Å². The highest BCUT2D eigenvalue weighted by Crippen LogP contribution is 2.42. The van der Waals surface area contributed by atoms with Crippen LogP contribution in [0.3, 0.4) is 0 Å². The minimum absolute atomic E-state index is 0.0150. The lowest BCUT2D eigenvalue weighted by Crippen LogP contribution is -2.62. The van der Waals surface area contributed by atoms with Crippen LogP contribution in [0, 0.1) is 0 Å². The van der Waals surface area contributed by atoms with Crippen molar-refractivity contribution in [1.29, 1.82) is 0 Å². The molecule has 0 bridgehead atoms. The Balaban J connectivity index is 1.43. The zero-order chi connectivity index (χ0) is 31.2. The van der Waals surface area contributed by atoms with Crippen molar-refractivity contribution in [3.05, 3.63) is 36.4 Å². The second-order valence-electron chi connectivity index (χ2n) is 10.2. The molecule has 0 aliphatic carbocycles. The smallest absolute Gasteiger partial charge is 0.402 e. The van der Waals surface area contributed by atoms with Crippen molar-refractivity contribution in [2.75, 3.05) is 13.2 Å². The molecule has 0 radical (unpaired) electrons. The van der Waals surface area contributed by atoms with E-state index in [0.717, 1.165) is 18.2 Å². The van der Waals surface area contributed by atoms with Gasteiger partial charge in [0.15, 0.2) is 17.8 Å². The molecule has 2 saturated heterocycles. The third kappa shape index (κ3) is 5.98. The summed E-state index contributed by atoms with van der Waals surface area (Å²) in [6, 6.07) is 7.13. The Kier molecular flexibility index (Phi) is 8.77. The Labute approximate surface area is 242 Å². The van der Waals surface area contributed by atoms with Crippen LogP contribution in [-0.4, -0.2) is 131 Å². The Morgan fingerprint density at radius 1 is 0.674 bits per heavy atom. The second-order valence-corrected chi connectivity index (χ2v) is 10.2. The summed E-state index contributed by atoms with van der Waals surface area (Å²) < 4.78 is 28.1. The molecular formula is C27H31O16+. The molecule has 234 valence electrons. The summed E-state index contributed by atoms with van der Waals surface area (Å²) in [5.74, 6) is -2.02. The van der Waals surface area contributed by atoms with Crippen LogP contribution < -0.4 is 4.74 Å².